The molecule has 4 rings (SSSR count). The van der Waals surface area contributed by atoms with Gasteiger partial charge in [0.25, 0.3) is 5.91 Å². The fraction of sp³-hybridized carbons (Fsp3) is 0.304. The van der Waals surface area contributed by atoms with Gasteiger partial charge in [-0.15, -0.1) is 23.1 Å². The van der Waals surface area contributed by atoms with Gasteiger partial charge in [-0.2, -0.15) is 4.31 Å². The molecule has 0 unspecified atom stereocenters. The number of nitrogens with one attached hydrogen (secondary N) is 1. The van der Waals surface area contributed by atoms with Crippen molar-refractivity contribution in [2.45, 2.75) is 35.5 Å². The molecular weight excluding hydrogens is 498 g/mol. The monoisotopic (exact) mass is 521 g/mol. The molecule has 0 bridgehead atoms. The Hall–Kier alpha value is -1.91. The van der Waals surface area contributed by atoms with Crippen molar-refractivity contribution in [2.75, 3.05) is 24.7 Å². The highest BCUT2D eigenvalue weighted by molar-refractivity contribution is 7.98. The van der Waals surface area contributed by atoms with Crippen LogP contribution in [0.2, 0.25) is 5.02 Å². The van der Waals surface area contributed by atoms with E-state index in [2.05, 4.69) is 10.3 Å². The van der Waals surface area contributed by atoms with E-state index in [0.717, 1.165) is 21.2 Å². The summed E-state index contributed by atoms with van der Waals surface area (Å²) < 4.78 is 27.5. The van der Waals surface area contributed by atoms with E-state index in [1.165, 1.54) is 21.7 Å². The molecule has 1 aromatic heterocycles. The summed E-state index contributed by atoms with van der Waals surface area (Å²) in [6.07, 6.45) is 3.28. The second-order valence-electron chi connectivity index (χ2n) is 7.81. The first-order valence-electron chi connectivity index (χ1n) is 10.5. The number of para-hydroxylation sites is 1. The number of rotatable bonds is 6. The van der Waals surface area contributed by atoms with Crippen LogP contribution >= 0.6 is 34.7 Å². The summed E-state index contributed by atoms with van der Waals surface area (Å²) in [7, 11) is -3.59. The number of thiazole rings is 1. The highest BCUT2D eigenvalue weighted by atomic mass is 35.5. The second-order valence-corrected chi connectivity index (χ2v) is 11.9. The first-order chi connectivity index (χ1) is 15.8. The number of piperidine rings is 1. The van der Waals surface area contributed by atoms with Gasteiger partial charge in [-0.25, -0.2) is 13.4 Å². The van der Waals surface area contributed by atoms with E-state index in [1.54, 1.807) is 29.3 Å². The molecule has 2 heterocycles. The van der Waals surface area contributed by atoms with E-state index in [0.29, 0.717) is 36.6 Å². The predicted molar refractivity (Wildman–Crippen MR) is 135 cm³/mol. The standard InChI is InChI=1S/C23H24ClN3O3S3/c1-15-7-8-17(13-18(15)24)33(29,30)27-11-9-16(10-12-27)23-26-20(14-32-23)22(28)25-19-5-3-4-6-21(19)31-2/h3-8,13-14,16H,9-12H2,1-2H3,(H,25,28). The van der Waals surface area contributed by atoms with Crippen LogP contribution in [0.15, 0.2) is 57.6 Å². The molecule has 1 aliphatic heterocycles. The number of hydrogen-bond acceptors (Lipinski definition) is 6. The van der Waals surface area contributed by atoms with Crippen molar-refractivity contribution in [1.82, 2.24) is 9.29 Å². The van der Waals surface area contributed by atoms with Crippen LogP contribution in [0.4, 0.5) is 5.69 Å². The van der Waals surface area contributed by atoms with Gasteiger partial charge < -0.3 is 5.32 Å². The molecule has 10 heteroatoms. The van der Waals surface area contributed by atoms with Gasteiger partial charge in [0, 0.05) is 34.3 Å². The van der Waals surface area contributed by atoms with Crippen LogP contribution in [0, 0.1) is 6.92 Å². The number of carbonyl (C=O) groups excluding carboxylic acids is 1. The quantitative estimate of drug-likeness (QED) is 0.424. The molecule has 1 saturated heterocycles. The van der Waals surface area contributed by atoms with Gasteiger partial charge in [-0.3, -0.25) is 4.79 Å². The number of aromatic nitrogens is 1. The van der Waals surface area contributed by atoms with Crippen molar-refractivity contribution in [2.24, 2.45) is 0 Å². The minimum absolute atomic E-state index is 0.128. The zero-order chi connectivity index (χ0) is 23.6. The normalized spacial score (nSPS) is 15.5. The maximum absolute atomic E-state index is 13.0. The Bertz CT molecular complexity index is 1270. The minimum atomic E-state index is -3.59. The summed E-state index contributed by atoms with van der Waals surface area (Å²) in [5.41, 5.74) is 1.99. The Morgan fingerprint density at radius 3 is 2.64 bits per heavy atom. The van der Waals surface area contributed by atoms with Crippen molar-refractivity contribution < 1.29 is 13.2 Å². The number of sulfonamides is 1. The highest BCUT2D eigenvalue weighted by Gasteiger charge is 2.31. The zero-order valence-corrected chi connectivity index (χ0v) is 21.5. The fourth-order valence-corrected chi connectivity index (χ4v) is 7.01. The van der Waals surface area contributed by atoms with Gasteiger partial charge in [-0.05, 0) is 55.9 Å². The van der Waals surface area contributed by atoms with Gasteiger partial charge in [0.2, 0.25) is 10.0 Å². The maximum Gasteiger partial charge on any atom is 0.275 e. The third kappa shape index (κ3) is 5.27. The summed E-state index contributed by atoms with van der Waals surface area (Å²) in [6, 6.07) is 12.5. The van der Waals surface area contributed by atoms with Crippen LogP contribution in [0.25, 0.3) is 0 Å². The van der Waals surface area contributed by atoms with E-state index < -0.39 is 10.0 Å². The van der Waals surface area contributed by atoms with E-state index in [4.69, 9.17) is 11.6 Å². The summed E-state index contributed by atoms with van der Waals surface area (Å²) in [5.74, 6) is -0.113. The molecule has 1 fully saturated rings. The number of benzene rings is 2. The van der Waals surface area contributed by atoms with E-state index in [1.807, 2.05) is 37.4 Å². The maximum atomic E-state index is 13.0. The van der Waals surface area contributed by atoms with Gasteiger partial charge in [-0.1, -0.05) is 29.8 Å². The number of halogens is 1. The summed E-state index contributed by atoms with van der Waals surface area (Å²) in [5, 5.41) is 6.01. The summed E-state index contributed by atoms with van der Waals surface area (Å²) in [4.78, 5) is 18.5. The van der Waals surface area contributed by atoms with Crippen molar-refractivity contribution in [1.29, 1.82) is 0 Å². The van der Waals surface area contributed by atoms with Crippen molar-refractivity contribution >= 4 is 56.3 Å². The lowest BCUT2D eigenvalue weighted by atomic mass is 9.99. The molecule has 2 aromatic carbocycles. The summed E-state index contributed by atoms with van der Waals surface area (Å²) >= 11 is 9.15. The zero-order valence-electron chi connectivity index (χ0n) is 18.2. The lowest BCUT2D eigenvalue weighted by Gasteiger charge is -2.30. The van der Waals surface area contributed by atoms with Crippen LogP contribution in [0.3, 0.4) is 0 Å². The molecule has 1 N–H and O–H groups in total. The van der Waals surface area contributed by atoms with Gasteiger partial charge >= 0.3 is 0 Å². The average molecular weight is 522 g/mol. The number of aryl methyl sites for hydroxylation is 1. The van der Waals surface area contributed by atoms with Crippen molar-refractivity contribution in [3.63, 3.8) is 0 Å². The Labute approximate surface area is 207 Å². The van der Waals surface area contributed by atoms with Crippen LogP contribution < -0.4 is 5.32 Å². The number of amides is 1. The second kappa shape index (κ2) is 10.1. The first-order valence-corrected chi connectivity index (χ1v) is 14.4. The lowest BCUT2D eigenvalue weighted by molar-refractivity contribution is 0.102. The molecule has 1 aliphatic rings. The predicted octanol–water partition coefficient (Wildman–Crippen LogP) is 5.65. The molecule has 0 radical (unpaired) electrons. The van der Waals surface area contributed by atoms with Gasteiger partial charge in [0.1, 0.15) is 5.69 Å². The molecule has 0 atom stereocenters. The number of nitrogens with zero attached hydrogens (tertiary/aromatic N) is 2. The van der Waals surface area contributed by atoms with Crippen molar-refractivity contribution in [3.05, 3.63) is 69.1 Å². The molecule has 174 valence electrons. The SMILES string of the molecule is CSc1ccccc1NC(=O)c1csc(C2CCN(S(=O)(=O)c3ccc(C)c(Cl)c3)CC2)n1. The van der Waals surface area contributed by atoms with Crippen LogP contribution in [-0.4, -0.2) is 43.0 Å². The van der Waals surface area contributed by atoms with Crippen LogP contribution in [-0.2, 0) is 10.0 Å². The highest BCUT2D eigenvalue weighted by Crippen LogP contribution is 2.33. The van der Waals surface area contributed by atoms with Gasteiger partial charge in [0.15, 0.2) is 0 Å². The van der Waals surface area contributed by atoms with E-state index in [-0.39, 0.29) is 16.7 Å². The number of hydrogen-bond donors (Lipinski definition) is 1. The number of carbonyl (C=O) groups is 1. The smallest absolute Gasteiger partial charge is 0.275 e. The molecule has 33 heavy (non-hydrogen) atoms. The average Bonchev–Trinajstić information content (AvgIpc) is 3.32. The molecule has 6 nitrogen and oxygen atoms in total. The van der Waals surface area contributed by atoms with Crippen LogP contribution in [0.1, 0.15) is 39.8 Å². The minimum Gasteiger partial charge on any atom is -0.320 e. The number of anilines is 1. The third-order valence-electron chi connectivity index (χ3n) is 5.69. The lowest BCUT2D eigenvalue weighted by Crippen LogP contribution is -2.37. The van der Waals surface area contributed by atoms with E-state index in [9.17, 15) is 13.2 Å². The third-order valence-corrected chi connectivity index (χ3v) is 9.80. The van der Waals surface area contributed by atoms with Crippen LogP contribution in [0.5, 0.6) is 0 Å². The Kier molecular flexibility index (Phi) is 7.45. The molecule has 3 aromatic rings. The number of thioether (sulfide) groups is 1. The Balaban J connectivity index is 1.40. The Morgan fingerprint density at radius 2 is 1.94 bits per heavy atom. The summed E-state index contributed by atoms with van der Waals surface area (Å²) in [6.45, 7) is 2.65. The molecule has 0 aliphatic carbocycles. The van der Waals surface area contributed by atoms with Gasteiger partial charge in [0.05, 0.1) is 15.6 Å². The van der Waals surface area contributed by atoms with Crippen molar-refractivity contribution in [3.8, 4) is 0 Å². The molecule has 1 amide bonds. The van der Waals surface area contributed by atoms with E-state index >= 15 is 0 Å². The molecule has 0 saturated carbocycles. The topological polar surface area (TPSA) is 79.4 Å². The first kappa shape index (κ1) is 24.2. The fourth-order valence-electron chi connectivity index (χ4n) is 3.74. The molecule has 0 spiro atoms. The molecular formula is C23H24ClN3O3S3. The largest absolute Gasteiger partial charge is 0.320 e. The Morgan fingerprint density at radius 1 is 1.21 bits per heavy atom.